The van der Waals surface area contributed by atoms with Crippen LogP contribution in [0.25, 0.3) is 0 Å². The molecule has 2 rings (SSSR count). The van der Waals surface area contributed by atoms with Crippen molar-refractivity contribution in [3.05, 3.63) is 59.7 Å². The van der Waals surface area contributed by atoms with Crippen LogP contribution in [0, 0.1) is 0 Å². The first-order valence-electron chi connectivity index (χ1n) is 6.03. The van der Waals surface area contributed by atoms with Crippen molar-refractivity contribution in [3.63, 3.8) is 0 Å². The van der Waals surface area contributed by atoms with Crippen LogP contribution in [0.15, 0.2) is 48.5 Å². The number of hydrogen-bond acceptors (Lipinski definition) is 2. The van der Waals surface area contributed by atoms with Crippen molar-refractivity contribution in [1.82, 2.24) is 0 Å². The van der Waals surface area contributed by atoms with Gasteiger partial charge < -0.3 is 39.0 Å². The van der Waals surface area contributed by atoms with Crippen molar-refractivity contribution in [2.24, 2.45) is 0 Å². The molecule has 4 heteroatoms. The van der Waals surface area contributed by atoms with Crippen LogP contribution in [0.1, 0.15) is 15.9 Å². The Bertz CT molecular complexity index is 427. The van der Waals surface area contributed by atoms with Gasteiger partial charge in [0.15, 0.2) is 8.32 Å². The van der Waals surface area contributed by atoms with Gasteiger partial charge in [0, 0.05) is 23.7 Å². The van der Waals surface area contributed by atoms with E-state index in [4.69, 9.17) is 4.43 Å². The van der Waals surface area contributed by atoms with Gasteiger partial charge in [0.25, 0.3) is 0 Å². The maximum Gasteiger partial charge on any atom is 0.182 e. The number of aldehydes is 1. The average Bonchev–Trinajstić information content (AvgIpc) is 2.99. The zero-order chi connectivity index (χ0) is 13.4. The Morgan fingerprint density at radius 1 is 1.16 bits per heavy atom. The molecule has 0 amide bonds. The van der Waals surface area contributed by atoms with E-state index in [1.807, 2.05) is 24.3 Å². The first kappa shape index (κ1) is 18.1. The maximum absolute atomic E-state index is 9.87. The summed E-state index contributed by atoms with van der Waals surface area (Å²) < 4.78 is 5.71. The molecule has 0 bridgehead atoms. The minimum atomic E-state index is -1.31. The molecule has 0 aromatic heterocycles. The second kappa shape index (κ2) is 9.05. The molecule has 2 nitrogen and oxygen atoms in total. The van der Waals surface area contributed by atoms with Crippen LogP contribution >= 0.6 is 0 Å². The summed E-state index contributed by atoms with van der Waals surface area (Å²) in [5.74, 6) is 0. The van der Waals surface area contributed by atoms with Crippen molar-refractivity contribution in [3.8, 4) is 0 Å². The van der Waals surface area contributed by atoms with Gasteiger partial charge in [-0.15, -0.1) is 5.56 Å². The third-order valence-electron chi connectivity index (χ3n) is 2.23. The summed E-state index contributed by atoms with van der Waals surface area (Å²) in [5.41, 5.74) is 2.03. The Balaban J connectivity index is 0.000000352. The molecule has 2 aromatic rings. The second-order valence-corrected chi connectivity index (χ2v) is 9.54. The molecule has 0 aliphatic carbocycles. The number of carbonyl (C=O) groups is 1. The molecule has 0 spiro atoms. The first-order valence-corrected chi connectivity index (χ1v) is 9.43. The molecule has 0 fully saturated rings. The molecule has 0 saturated heterocycles. The number of rotatable bonds is 4. The molecule has 0 aliphatic heterocycles. The van der Waals surface area contributed by atoms with Gasteiger partial charge in [0.1, 0.15) is 0 Å². The van der Waals surface area contributed by atoms with Crippen molar-refractivity contribution in [2.45, 2.75) is 26.2 Å². The topological polar surface area (TPSA) is 26.3 Å². The van der Waals surface area contributed by atoms with Gasteiger partial charge in [0.2, 0.25) is 0 Å². The van der Waals surface area contributed by atoms with Gasteiger partial charge in [-0.2, -0.15) is 12.1 Å². The van der Waals surface area contributed by atoms with Crippen LogP contribution in [0.5, 0.6) is 0 Å². The van der Waals surface area contributed by atoms with Gasteiger partial charge in [-0.1, -0.05) is 0 Å². The Labute approximate surface area is 127 Å². The van der Waals surface area contributed by atoms with Gasteiger partial charge in [-0.25, -0.2) is 12.1 Å². The van der Waals surface area contributed by atoms with Gasteiger partial charge in [-0.3, -0.25) is 6.29 Å². The van der Waals surface area contributed by atoms with Crippen LogP contribution in [0.4, 0.5) is 0 Å². The van der Waals surface area contributed by atoms with Gasteiger partial charge >= 0.3 is 0 Å². The van der Waals surface area contributed by atoms with Crippen molar-refractivity contribution < 1.29 is 26.3 Å². The second-order valence-electron chi connectivity index (χ2n) is 5.03. The van der Waals surface area contributed by atoms with E-state index in [0.717, 1.165) is 18.5 Å². The fourth-order valence-electron chi connectivity index (χ4n) is 1.28. The van der Waals surface area contributed by atoms with E-state index < -0.39 is 8.32 Å². The molecule has 0 radical (unpaired) electrons. The van der Waals surface area contributed by atoms with E-state index in [9.17, 15) is 4.79 Å². The fraction of sp³-hybridized carbons (Fsp3) is 0.267. The standard InChI is InChI=1S/C9H15OSi.C6H5O.Fe/c1-11(2,3)10-8-9-6-4-5-7-9;7-5-6-3-1-2-4-6;/h4-7H,8H2,1-3H3;1-5H;/q-1;-5;. The third kappa shape index (κ3) is 8.73. The van der Waals surface area contributed by atoms with Crippen molar-refractivity contribution in [1.29, 1.82) is 0 Å². The molecule has 0 heterocycles. The van der Waals surface area contributed by atoms with Crippen LogP contribution in [0.2, 0.25) is 19.6 Å². The van der Waals surface area contributed by atoms with Gasteiger partial charge in [-0.05, 0) is 19.6 Å². The number of hydrogen-bond donors (Lipinski definition) is 0. The fourth-order valence-corrected chi connectivity index (χ4v) is 1.88. The van der Waals surface area contributed by atoms with Crippen molar-refractivity contribution >= 4 is 14.6 Å². The van der Waals surface area contributed by atoms with Crippen LogP contribution in [-0.4, -0.2) is 14.6 Å². The quantitative estimate of drug-likeness (QED) is 0.485. The predicted octanol–water partition coefficient (Wildman–Crippen LogP) is 3.97. The minimum Gasteiger partial charge on any atom is -0.721 e. The zero-order valence-electron chi connectivity index (χ0n) is 11.6. The van der Waals surface area contributed by atoms with E-state index in [1.165, 1.54) is 5.56 Å². The maximum atomic E-state index is 9.87. The van der Waals surface area contributed by atoms with Crippen LogP contribution in [-0.2, 0) is 28.1 Å². The van der Waals surface area contributed by atoms with E-state index in [0.29, 0.717) is 0 Å². The molecular weight excluding hydrogens is 296 g/mol. The van der Waals surface area contributed by atoms with E-state index in [1.54, 1.807) is 12.1 Å². The smallest absolute Gasteiger partial charge is 0.182 e. The van der Waals surface area contributed by atoms with Gasteiger partial charge in [0.05, 0.1) is 0 Å². The third-order valence-corrected chi connectivity index (χ3v) is 3.24. The predicted molar refractivity (Wildman–Crippen MR) is 77.6 cm³/mol. The Morgan fingerprint density at radius 3 is 2.05 bits per heavy atom. The summed E-state index contributed by atoms with van der Waals surface area (Å²) in [7, 11) is -1.31. The molecule has 2 aromatic carbocycles. The molecule has 19 heavy (non-hydrogen) atoms. The Hall–Kier alpha value is -0.934. The van der Waals surface area contributed by atoms with Crippen LogP contribution < -0.4 is 0 Å². The van der Waals surface area contributed by atoms with Crippen LogP contribution in [0.3, 0.4) is 0 Å². The molecule has 0 N–H and O–H groups in total. The normalized spacial score (nSPS) is 10.1. The molecule has 0 atom stereocenters. The van der Waals surface area contributed by atoms with Crippen molar-refractivity contribution in [2.75, 3.05) is 0 Å². The summed E-state index contributed by atoms with van der Waals surface area (Å²) >= 11 is 0. The SMILES string of the molecule is C[Si](C)(C)OC[c-]1cccc1.O=C[c-]1[cH-][cH-][cH-][cH-]1.[Fe]. The Kier molecular flexibility index (Phi) is 8.60. The van der Waals surface area contributed by atoms with E-state index >= 15 is 0 Å². The summed E-state index contributed by atoms with van der Waals surface area (Å²) in [6.07, 6.45) is 0.833. The summed E-state index contributed by atoms with van der Waals surface area (Å²) in [5, 5.41) is 0. The Morgan fingerprint density at radius 2 is 1.68 bits per heavy atom. The largest absolute Gasteiger partial charge is 0.721 e. The zero-order valence-corrected chi connectivity index (χ0v) is 13.7. The monoisotopic (exact) mass is 316 g/mol. The number of carbonyl (C=O) groups excluding carboxylic acids is 1. The molecule has 0 saturated carbocycles. The average molecular weight is 316 g/mol. The summed E-state index contributed by atoms with van der Waals surface area (Å²) in [4.78, 5) is 9.87. The summed E-state index contributed by atoms with van der Waals surface area (Å²) in [6, 6.07) is 15.5. The first-order chi connectivity index (χ1) is 8.51. The van der Waals surface area contributed by atoms with E-state index in [-0.39, 0.29) is 17.1 Å². The molecule has 0 aliphatic rings. The molecule has 110 valence electrons. The summed E-state index contributed by atoms with van der Waals surface area (Å²) in [6.45, 7) is 7.39. The molecular formula is C15H20FeO2Si-6. The minimum absolute atomic E-state index is 0. The molecule has 0 unspecified atom stereocenters. The van der Waals surface area contributed by atoms with E-state index in [2.05, 4.69) is 31.8 Å².